The average molecular weight is 1560 g/mol. The molecule has 0 radical (unpaired) electrons. The normalized spacial score (nSPS) is 18.6. The first kappa shape index (κ1) is 73.7. The van der Waals surface area contributed by atoms with E-state index in [1.807, 2.05) is 133 Å². The van der Waals surface area contributed by atoms with E-state index in [1.54, 1.807) is 34.1 Å². The van der Waals surface area contributed by atoms with Crippen LogP contribution in [0.2, 0.25) is 0 Å². The van der Waals surface area contributed by atoms with Crippen molar-refractivity contribution < 1.29 is 45.5 Å². The number of carbonyl (C=O) groups excluding carboxylic acids is 4. The minimum atomic E-state index is -4.41. The number of rotatable bonds is 13. The van der Waals surface area contributed by atoms with Crippen molar-refractivity contribution in [2.75, 3.05) is 45.8 Å². The molecule has 0 bridgehead atoms. The highest BCUT2D eigenvalue weighted by atomic mass is 19.4. The lowest BCUT2D eigenvalue weighted by molar-refractivity contribution is -0.141. The number of hydrogen-bond acceptors (Lipinski definition) is 8. The Labute approximate surface area is 662 Å². The van der Waals surface area contributed by atoms with E-state index in [0.29, 0.717) is 48.6 Å². The number of carbonyl (C=O) groups is 4. The third-order valence-electron chi connectivity index (χ3n) is 22.5. The van der Waals surface area contributed by atoms with Gasteiger partial charge in [0, 0.05) is 141 Å². The number of nitrogens with one attached hydrogen (secondary N) is 8. The van der Waals surface area contributed by atoms with Gasteiger partial charge in [0.1, 0.15) is 5.69 Å². The number of H-pyrrole nitrogens is 4. The Bertz CT molecular complexity index is 5730. The second-order valence-electron chi connectivity index (χ2n) is 29.9. The van der Waals surface area contributed by atoms with Crippen molar-refractivity contribution >= 4 is 94.5 Å². The molecule has 8 amide bonds. The Hall–Kier alpha value is -13.8. The van der Waals surface area contributed by atoms with Gasteiger partial charge in [-0.2, -0.15) is 26.3 Å². The third kappa shape index (κ3) is 14.9. The Morgan fingerprint density at radius 1 is 0.336 bits per heavy atom. The number of aryl methyl sites for hydroxylation is 1. The number of aromatic amines is 4. The molecule has 4 unspecified atom stereocenters. The molecule has 8 N–H and O–H groups in total. The number of aromatic nitrogens is 4. The van der Waals surface area contributed by atoms with Gasteiger partial charge in [-0.05, 0) is 182 Å². The van der Waals surface area contributed by atoms with Crippen molar-refractivity contribution in [1.29, 1.82) is 0 Å². The van der Waals surface area contributed by atoms with Crippen molar-refractivity contribution in [3.8, 4) is 44.6 Å². The van der Waals surface area contributed by atoms with Gasteiger partial charge in [0.15, 0.2) is 0 Å². The van der Waals surface area contributed by atoms with E-state index in [1.165, 1.54) is 58.1 Å². The second kappa shape index (κ2) is 30.3. The van der Waals surface area contributed by atoms with E-state index < -0.39 is 23.6 Å². The Kier molecular flexibility index (Phi) is 19.2. The number of alkyl halides is 6. The Morgan fingerprint density at radius 2 is 0.672 bits per heavy atom. The number of urea groups is 4. The molecule has 12 aromatic rings. The van der Waals surface area contributed by atoms with Crippen molar-refractivity contribution in [3.63, 3.8) is 0 Å². The molecule has 1 saturated carbocycles. The van der Waals surface area contributed by atoms with Gasteiger partial charge in [0.25, 0.3) is 0 Å². The van der Waals surface area contributed by atoms with Crippen LogP contribution in [0.25, 0.3) is 44.6 Å². The number of benzene rings is 8. The van der Waals surface area contributed by atoms with Crippen LogP contribution in [0.3, 0.4) is 0 Å². The van der Waals surface area contributed by atoms with Gasteiger partial charge in [-0.1, -0.05) is 121 Å². The summed E-state index contributed by atoms with van der Waals surface area (Å²) in [5.41, 5.74) is 23.6. The van der Waals surface area contributed by atoms with Crippen LogP contribution in [0.15, 0.2) is 239 Å². The maximum atomic E-state index is 12.8. The number of anilines is 4. The summed E-state index contributed by atoms with van der Waals surface area (Å²) in [6, 6.07) is 60.9. The molecule has 12 heterocycles. The van der Waals surface area contributed by atoms with E-state index in [2.05, 4.69) is 140 Å². The first-order valence-electron chi connectivity index (χ1n) is 38.4. The topological polar surface area (TPSA) is 242 Å². The summed E-state index contributed by atoms with van der Waals surface area (Å²) < 4.78 is 77.0. The highest BCUT2D eigenvalue weighted by molar-refractivity contribution is 5.99. The second-order valence-corrected chi connectivity index (χ2v) is 29.9. The predicted octanol–water partition coefficient (Wildman–Crippen LogP) is 20.1. The van der Waals surface area contributed by atoms with E-state index in [0.717, 1.165) is 135 Å². The van der Waals surface area contributed by atoms with Gasteiger partial charge >= 0.3 is 36.5 Å². The number of fused-ring (bicyclic) bond motifs is 4. The summed E-state index contributed by atoms with van der Waals surface area (Å²) in [6.07, 6.45) is 11.1. The summed E-state index contributed by atoms with van der Waals surface area (Å²) in [6.45, 7) is 4.14. The quantitative estimate of drug-likeness (QED) is 0.0525. The molecule has 21 rings (SSSR count). The van der Waals surface area contributed by atoms with E-state index >= 15 is 0 Å². The molecule has 5 fully saturated rings. The van der Waals surface area contributed by atoms with Crippen LogP contribution < -0.4 is 40.9 Å². The SMILES string of the molecule is Cc1cc(-c2ccc(C3CNC(=O)N3c3ccc4c(c3)N=CC4)cc2)c[nH]1.O=C1NCC(c2ccc(-c3c[nH]c(C(F)(F)F)c3)cc2)N1c1ccc2c(c1)N=CC2.O=C1NCC(c2ccc(-c3c[nH]c(C4CC4)c3)cc2)N1c1ccc2c(c1)N=CC2.O=C1NCC(c2ccc(-c3cc(C(F)(F)F)c[nH]3)cc2)N1c1ccc2c(c1)N=CC2. The standard InChI is InChI=1S/C24H22N4O.2C22H17F3N4O.C22H20N4O/c29-24-27-14-23(28(24)20-8-7-17-9-10-25-22(17)12-20)18-5-1-15(2-6-18)19-11-21(26-13-19)16-3-4-16;23-22(24,25)16-9-18(27-11-16)13-1-3-15(4-2-13)20-12-28-21(30)29(20)17-6-5-14-7-8-26-19(14)10-17;23-22(24,25)20-9-16(11-27-20)13-1-3-15(4-2-13)19-12-28-21(30)29(19)17-6-5-14-7-8-26-18(14)10-17;1-14-10-18(12-24-14)15-2-4-17(5-3-15)21-13-25-22(27)26(21)19-7-6-16-8-9-23-20(16)11-19/h1-2,5-8,10-13,16,23,26H,3-4,9,14H2,(H,27,29);1-6,8-11,20,27H,7,12H2,(H,28,30);1-6,8-11,19,27H,7,12H2,(H,28,30);2-7,9-12,21,24H,8,13H2,1H3,(H,25,27). The van der Waals surface area contributed by atoms with Crippen LogP contribution in [0.4, 0.5) is 91.0 Å². The first-order valence-corrected chi connectivity index (χ1v) is 38.4. The zero-order valence-electron chi connectivity index (χ0n) is 62.5. The Balaban J connectivity index is 0.000000107. The van der Waals surface area contributed by atoms with Gasteiger partial charge in [-0.3, -0.25) is 39.6 Å². The molecule has 8 aliphatic heterocycles. The number of nitrogens with zero attached hydrogens (tertiary/aromatic N) is 8. The first-order chi connectivity index (χ1) is 56.2. The summed E-state index contributed by atoms with van der Waals surface area (Å²) >= 11 is 0. The lowest BCUT2D eigenvalue weighted by Gasteiger charge is -2.24. The predicted molar refractivity (Wildman–Crippen MR) is 439 cm³/mol. The molecule has 4 aromatic heterocycles. The third-order valence-corrected chi connectivity index (χ3v) is 22.5. The van der Waals surface area contributed by atoms with Crippen LogP contribution in [0.1, 0.15) is 110 Å². The molecule has 116 heavy (non-hydrogen) atoms. The summed E-state index contributed by atoms with van der Waals surface area (Å²) in [7, 11) is 0. The minimum absolute atomic E-state index is 0.0202. The van der Waals surface area contributed by atoms with Gasteiger partial charge in [-0.15, -0.1) is 0 Å². The molecule has 9 aliphatic rings. The Morgan fingerprint density at radius 3 is 0.991 bits per heavy atom. The van der Waals surface area contributed by atoms with Gasteiger partial charge in [0.05, 0.1) is 52.5 Å². The zero-order valence-corrected chi connectivity index (χ0v) is 62.5. The van der Waals surface area contributed by atoms with Gasteiger partial charge < -0.3 is 41.2 Å². The fourth-order valence-electron chi connectivity index (χ4n) is 16.1. The van der Waals surface area contributed by atoms with Crippen LogP contribution in [0, 0.1) is 6.92 Å². The minimum Gasteiger partial charge on any atom is -0.365 e. The molecular weight excluding hydrogens is 1480 g/mol. The zero-order chi connectivity index (χ0) is 79.5. The van der Waals surface area contributed by atoms with Crippen LogP contribution in [-0.2, 0) is 38.0 Å². The fraction of sp³-hybridized carbons (Fsp3) is 0.200. The highest BCUT2D eigenvalue weighted by Gasteiger charge is 2.40. The van der Waals surface area contributed by atoms with Crippen molar-refractivity contribution in [3.05, 3.63) is 286 Å². The molecular formula is C90H76F6N16O4. The molecule has 4 saturated heterocycles. The summed E-state index contributed by atoms with van der Waals surface area (Å²) in [4.78, 5) is 86.3. The van der Waals surface area contributed by atoms with Crippen LogP contribution >= 0.6 is 0 Å². The molecule has 26 heteroatoms. The molecule has 0 spiro atoms. The largest absolute Gasteiger partial charge is 0.431 e. The van der Waals surface area contributed by atoms with Crippen LogP contribution in [-0.4, -0.2) is 95.1 Å². The number of amides is 8. The van der Waals surface area contributed by atoms with Gasteiger partial charge in [-0.25, -0.2) is 19.2 Å². The number of hydrogen-bond donors (Lipinski definition) is 8. The average Bonchev–Trinajstić information content (AvgIpc) is 1.63. The van der Waals surface area contributed by atoms with Crippen molar-refractivity contribution in [2.45, 2.75) is 87.9 Å². The fourth-order valence-corrected chi connectivity index (χ4v) is 16.1. The summed E-state index contributed by atoms with van der Waals surface area (Å²) in [5.74, 6) is 0.726. The van der Waals surface area contributed by atoms with Gasteiger partial charge in [0.2, 0.25) is 0 Å². The molecule has 4 atom stereocenters. The van der Waals surface area contributed by atoms with Crippen LogP contribution in [0.5, 0.6) is 0 Å². The molecule has 1 aliphatic carbocycles. The maximum absolute atomic E-state index is 12.8. The molecule has 20 nitrogen and oxygen atoms in total. The van der Waals surface area contributed by atoms with Crippen molar-refractivity contribution in [2.24, 2.45) is 20.0 Å². The maximum Gasteiger partial charge on any atom is 0.431 e. The van der Waals surface area contributed by atoms with E-state index in [4.69, 9.17) is 0 Å². The summed E-state index contributed by atoms with van der Waals surface area (Å²) in [5, 5.41) is 11.7. The van der Waals surface area contributed by atoms with Crippen molar-refractivity contribution in [1.82, 2.24) is 41.2 Å². The number of aliphatic imine (C=N–C) groups is 4. The number of halogens is 6. The monoisotopic (exact) mass is 1560 g/mol. The highest BCUT2D eigenvalue weighted by Crippen LogP contribution is 2.45. The smallest absolute Gasteiger partial charge is 0.365 e. The lowest BCUT2D eigenvalue weighted by atomic mass is 10.0. The molecule has 8 aromatic carbocycles. The molecule has 582 valence electrons. The van der Waals surface area contributed by atoms with E-state index in [-0.39, 0.29) is 48.3 Å². The van der Waals surface area contributed by atoms with E-state index in [9.17, 15) is 45.5 Å². The lowest BCUT2D eigenvalue weighted by Crippen LogP contribution is -2.29.